The number of hydrogen-bond donors (Lipinski definition) is 2. The number of ether oxygens (including phenoxy) is 1. The molecule has 1 saturated heterocycles. The van der Waals surface area contributed by atoms with Crippen LogP contribution in [0.5, 0.6) is 0 Å². The second kappa shape index (κ2) is 5.34. The Morgan fingerprint density at radius 3 is 2.89 bits per heavy atom. The molecular weight excluding hydrogens is 234 g/mol. The first-order chi connectivity index (χ1) is 8.59. The average Bonchev–Trinajstić information content (AvgIpc) is 2.97. The molecule has 0 bridgehead atoms. The quantitative estimate of drug-likeness (QED) is 0.821. The summed E-state index contributed by atoms with van der Waals surface area (Å²) in [6.07, 6.45) is 1.05. The fourth-order valence-electron chi connectivity index (χ4n) is 2.14. The molecule has 6 heteroatoms. The van der Waals surface area contributed by atoms with Gasteiger partial charge < -0.3 is 19.7 Å². The first kappa shape index (κ1) is 13.5. The Morgan fingerprint density at radius 1 is 1.56 bits per heavy atom. The lowest BCUT2D eigenvalue weighted by Gasteiger charge is -2.23. The molecule has 18 heavy (non-hydrogen) atoms. The van der Waals surface area contributed by atoms with E-state index in [1.807, 2.05) is 20.8 Å². The number of nitrogens with zero attached hydrogens (tertiary/aromatic N) is 2. The fourth-order valence-corrected chi connectivity index (χ4v) is 2.14. The maximum Gasteiger partial charge on any atom is 0.243 e. The zero-order chi connectivity index (χ0) is 13.2. The Kier molecular flexibility index (Phi) is 3.99. The number of aromatic nitrogens is 2. The SMILES string of the molecule is CCOC(C)(CC)c1noc([C@@H]2CC(O)CN2)n1. The summed E-state index contributed by atoms with van der Waals surface area (Å²) in [5.74, 6) is 1.10. The highest BCUT2D eigenvalue weighted by Gasteiger charge is 2.34. The van der Waals surface area contributed by atoms with Crippen LogP contribution in [0.3, 0.4) is 0 Å². The summed E-state index contributed by atoms with van der Waals surface area (Å²) >= 11 is 0. The summed E-state index contributed by atoms with van der Waals surface area (Å²) in [6.45, 7) is 7.11. The summed E-state index contributed by atoms with van der Waals surface area (Å²) in [6, 6.07) is -0.0519. The molecule has 1 aliphatic rings. The molecule has 1 aromatic rings. The van der Waals surface area contributed by atoms with E-state index in [2.05, 4.69) is 15.5 Å². The van der Waals surface area contributed by atoms with Crippen molar-refractivity contribution in [1.82, 2.24) is 15.5 Å². The van der Waals surface area contributed by atoms with Gasteiger partial charge in [0.25, 0.3) is 0 Å². The topological polar surface area (TPSA) is 80.4 Å². The first-order valence-electron chi connectivity index (χ1n) is 6.48. The number of aliphatic hydroxyl groups is 1. The Morgan fingerprint density at radius 2 is 2.33 bits per heavy atom. The summed E-state index contributed by atoms with van der Waals surface area (Å²) in [5.41, 5.74) is -0.506. The van der Waals surface area contributed by atoms with Gasteiger partial charge in [-0.2, -0.15) is 4.98 Å². The first-order valence-corrected chi connectivity index (χ1v) is 6.48. The zero-order valence-electron chi connectivity index (χ0n) is 11.1. The molecule has 0 spiro atoms. The lowest BCUT2D eigenvalue weighted by Crippen LogP contribution is -2.26. The summed E-state index contributed by atoms with van der Waals surface area (Å²) in [7, 11) is 0. The largest absolute Gasteiger partial charge is 0.392 e. The third-order valence-corrected chi connectivity index (χ3v) is 3.46. The van der Waals surface area contributed by atoms with Crippen LogP contribution >= 0.6 is 0 Å². The predicted octanol–water partition coefficient (Wildman–Crippen LogP) is 1.13. The van der Waals surface area contributed by atoms with Gasteiger partial charge in [-0.1, -0.05) is 12.1 Å². The monoisotopic (exact) mass is 255 g/mol. The van der Waals surface area contributed by atoms with E-state index in [1.54, 1.807) is 0 Å². The molecule has 0 amide bonds. The van der Waals surface area contributed by atoms with E-state index in [0.717, 1.165) is 6.42 Å². The molecule has 0 saturated carbocycles. The maximum atomic E-state index is 9.48. The van der Waals surface area contributed by atoms with Crippen molar-refractivity contribution in [3.8, 4) is 0 Å². The van der Waals surface area contributed by atoms with Crippen molar-refractivity contribution in [1.29, 1.82) is 0 Å². The predicted molar refractivity (Wildman–Crippen MR) is 64.9 cm³/mol. The Bertz CT molecular complexity index is 396. The number of hydrogen-bond acceptors (Lipinski definition) is 6. The van der Waals surface area contributed by atoms with Gasteiger partial charge in [0.2, 0.25) is 11.7 Å². The molecule has 1 aliphatic heterocycles. The van der Waals surface area contributed by atoms with E-state index < -0.39 is 5.60 Å². The lowest BCUT2D eigenvalue weighted by atomic mass is 10.0. The zero-order valence-corrected chi connectivity index (χ0v) is 11.1. The normalized spacial score (nSPS) is 27.3. The van der Waals surface area contributed by atoms with Crippen molar-refractivity contribution >= 4 is 0 Å². The molecule has 2 rings (SSSR count). The standard InChI is InChI=1S/C12H21N3O3/c1-4-12(3,17-5-2)11-14-10(18-15-11)9-6-8(16)7-13-9/h8-9,13,16H,4-7H2,1-3H3/t8?,9-,12?/m0/s1. The van der Waals surface area contributed by atoms with Gasteiger partial charge in [-0.05, 0) is 26.7 Å². The average molecular weight is 255 g/mol. The number of β-amino-alcohol motifs (C(OH)–C–C–N with tert-alkyl or cyclic N) is 1. The molecule has 6 nitrogen and oxygen atoms in total. The van der Waals surface area contributed by atoms with E-state index in [-0.39, 0.29) is 12.1 Å². The van der Waals surface area contributed by atoms with Crippen molar-refractivity contribution < 1.29 is 14.4 Å². The summed E-state index contributed by atoms with van der Waals surface area (Å²) in [5, 5.41) is 16.6. The van der Waals surface area contributed by atoms with Gasteiger partial charge >= 0.3 is 0 Å². The highest BCUT2D eigenvalue weighted by molar-refractivity contribution is 5.03. The van der Waals surface area contributed by atoms with Gasteiger partial charge in [0, 0.05) is 13.2 Å². The summed E-state index contributed by atoms with van der Waals surface area (Å²) in [4.78, 5) is 4.41. The van der Waals surface area contributed by atoms with Crippen LogP contribution < -0.4 is 5.32 Å². The molecule has 102 valence electrons. The maximum absolute atomic E-state index is 9.48. The van der Waals surface area contributed by atoms with E-state index in [1.165, 1.54) is 0 Å². The van der Waals surface area contributed by atoms with Gasteiger partial charge in [0.15, 0.2) is 0 Å². The molecule has 2 unspecified atom stereocenters. The number of rotatable bonds is 5. The van der Waals surface area contributed by atoms with E-state index in [4.69, 9.17) is 9.26 Å². The van der Waals surface area contributed by atoms with Gasteiger partial charge in [0.05, 0.1) is 12.1 Å². The molecule has 2 heterocycles. The third-order valence-electron chi connectivity index (χ3n) is 3.46. The Hall–Kier alpha value is -0.980. The molecule has 0 radical (unpaired) electrons. The van der Waals surface area contributed by atoms with Crippen LogP contribution in [0, 0.1) is 0 Å². The molecule has 1 fully saturated rings. The lowest BCUT2D eigenvalue weighted by molar-refractivity contribution is -0.0403. The van der Waals surface area contributed by atoms with Crippen molar-refractivity contribution in [2.24, 2.45) is 0 Å². The second-order valence-electron chi connectivity index (χ2n) is 4.82. The van der Waals surface area contributed by atoms with Crippen molar-refractivity contribution in [2.45, 2.75) is 51.4 Å². The minimum Gasteiger partial charge on any atom is -0.392 e. The fraction of sp³-hybridized carbons (Fsp3) is 0.833. The van der Waals surface area contributed by atoms with Crippen LogP contribution in [0.4, 0.5) is 0 Å². The van der Waals surface area contributed by atoms with Gasteiger partial charge in [-0.25, -0.2) is 0 Å². The molecule has 2 N–H and O–H groups in total. The second-order valence-corrected chi connectivity index (χ2v) is 4.82. The molecule has 3 atom stereocenters. The van der Waals surface area contributed by atoms with Gasteiger partial charge in [-0.3, -0.25) is 0 Å². The van der Waals surface area contributed by atoms with Crippen LogP contribution in [0.25, 0.3) is 0 Å². The molecule has 1 aromatic heterocycles. The molecule has 0 aromatic carbocycles. The van der Waals surface area contributed by atoms with Crippen LogP contribution in [0.2, 0.25) is 0 Å². The van der Waals surface area contributed by atoms with Crippen molar-refractivity contribution in [3.05, 3.63) is 11.7 Å². The van der Waals surface area contributed by atoms with Crippen molar-refractivity contribution in [2.75, 3.05) is 13.2 Å². The Balaban J connectivity index is 2.14. The number of aliphatic hydroxyl groups excluding tert-OH is 1. The van der Waals surface area contributed by atoms with Gasteiger partial charge in [-0.15, -0.1) is 0 Å². The third kappa shape index (κ3) is 2.55. The number of nitrogens with one attached hydrogen (secondary N) is 1. The minimum absolute atomic E-state index is 0.0519. The molecular formula is C12H21N3O3. The van der Waals surface area contributed by atoms with Crippen LogP contribution in [-0.2, 0) is 10.3 Å². The summed E-state index contributed by atoms with van der Waals surface area (Å²) < 4.78 is 11.0. The van der Waals surface area contributed by atoms with E-state index >= 15 is 0 Å². The van der Waals surface area contributed by atoms with Gasteiger partial charge in [0.1, 0.15) is 5.60 Å². The Labute approximate surface area is 107 Å². The van der Waals surface area contributed by atoms with E-state index in [9.17, 15) is 5.11 Å². The van der Waals surface area contributed by atoms with Crippen LogP contribution in [-0.4, -0.2) is 34.5 Å². The van der Waals surface area contributed by atoms with E-state index in [0.29, 0.717) is 31.3 Å². The minimum atomic E-state index is -0.506. The molecule has 0 aliphatic carbocycles. The smallest absolute Gasteiger partial charge is 0.243 e. The van der Waals surface area contributed by atoms with Crippen molar-refractivity contribution in [3.63, 3.8) is 0 Å². The highest BCUT2D eigenvalue weighted by atomic mass is 16.5. The van der Waals surface area contributed by atoms with Crippen LogP contribution in [0.15, 0.2) is 4.52 Å². The van der Waals surface area contributed by atoms with Crippen LogP contribution in [0.1, 0.15) is 51.4 Å². The highest BCUT2D eigenvalue weighted by Crippen LogP contribution is 2.29.